The maximum Gasteiger partial charge on any atom is 0.439 e. The molecule has 1 N–H and O–H groups in total. The van der Waals surface area contributed by atoms with Crippen LogP contribution >= 0.6 is 0 Å². The molecule has 0 saturated heterocycles. The lowest BCUT2D eigenvalue weighted by Gasteiger charge is -2.19. The first-order valence-electron chi connectivity index (χ1n) is 9.09. The molecule has 0 bridgehead atoms. The van der Waals surface area contributed by atoms with Crippen LogP contribution in [0.1, 0.15) is 42.3 Å². The van der Waals surface area contributed by atoms with Crippen molar-refractivity contribution in [1.82, 2.24) is 14.7 Å². The van der Waals surface area contributed by atoms with Crippen LogP contribution in [0.4, 0.5) is 0 Å². The first-order valence-corrected chi connectivity index (χ1v) is 9.09. The van der Waals surface area contributed by atoms with E-state index in [-0.39, 0.29) is 5.41 Å². The Morgan fingerprint density at radius 3 is 2.50 bits per heavy atom. The van der Waals surface area contributed by atoms with Crippen molar-refractivity contribution < 1.29 is 9.32 Å². The molecule has 0 amide bonds. The fourth-order valence-electron chi connectivity index (χ4n) is 3.35. The summed E-state index contributed by atoms with van der Waals surface area (Å²) in [6.45, 7) is 7.20. The number of rotatable bonds is 4. The van der Waals surface area contributed by atoms with Gasteiger partial charge in [0.25, 0.3) is 0 Å². The van der Waals surface area contributed by atoms with Crippen molar-refractivity contribution in [3.8, 4) is 11.4 Å². The number of carbonyl (C=O) groups excluding carboxylic acids is 1. The third kappa shape index (κ3) is 3.29. The van der Waals surface area contributed by atoms with Gasteiger partial charge < -0.3 is 4.57 Å². The van der Waals surface area contributed by atoms with Gasteiger partial charge in [0, 0.05) is 34.8 Å². The maximum atomic E-state index is 11.5. The number of benzene rings is 2. The van der Waals surface area contributed by atoms with Gasteiger partial charge in [-0.3, -0.25) is 14.3 Å². The van der Waals surface area contributed by atoms with Gasteiger partial charge in [0.1, 0.15) is 0 Å². The molecule has 0 aliphatic heterocycles. The highest BCUT2D eigenvalue weighted by Crippen LogP contribution is 2.27. The number of hydrogen-bond donors (Lipinski definition) is 1. The normalized spacial score (nSPS) is 11.8. The molecule has 0 aliphatic carbocycles. The van der Waals surface area contributed by atoms with Gasteiger partial charge in [0.2, 0.25) is 0 Å². The minimum absolute atomic E-state index is 0.104. The first-order chi connectivity index (χ1) is 13.3. The molecule has 2 aromatic carbocycles. The molecule has 4 rings (SSSR count). The van der Waals surface area contributed by atoms with Gasteiger partial charge >= 0.3 is 5.76 Å². The van der Waals surface area contributed by atoms with E-state index in [1.165, 1.54) is 5.56 Å². The number of nitrogens with one attached hydrogen (secondary N) is 1. The Morgan fingerprint density at radius 2 is 1.89 bits per heavy atom. The van der Waals surface area contributed by atoms with Crippen molar-refractivity contribution in [2.45, 2.75) is 32.7 Å². The molecule has 0 atom stereocenters. The third-order valence-corrected chi connectivity index (χ3v) is 4.93. The monoisotopic (exact) mass is 375 g/mol. The van der Waals surface area contributed by atoms with E-state index in [9.17, 15) is 9.59 Å². The Bertz CT molecular complexity index is 1200. The van der Waals surface area contributed by atoms with Crippen LogP contribution in [0.5, 0.6) is 0 Å². The van der Waals surface area contributed by atoms with Crippen LogP contribution in [0.3, 0.4) is 0 Å². The van der Waals surface area contributed by atoms with Gasteiger partial charge in [-0.1, -0.05) is 62.3 Å². The lowest BCUT2D eigenvalue weighted by atomic mass is 9.87. The zero-order valence-electron chi connectivity index (χ0n) is 16.0. The first kappa shape index (κ1) is 18.0. The van der Waals surface area contributed by atoms with E-state index in [4.69, 9.17) is 0 Å². The summed E-state index contributed by atoms with van der Waals surface area (Å²) in [4.78, 5) is 25.3. The van der Waals surface area contributed by atoms with Gasteiger partial charge in [-0.25, -0.2) is 4.79 Å². The number of fused-ring (bicyclic) bond motifs is 1. The molecule has 0 aliphatic rings. The minimum Gasteiger partial charge on any atom is -0.342 e. The predicted octanol–water partition coefficient (Wildman–Crippen LogP) is 4.14. The second-order valence-electron chi connectivity index (χ2n) is 7.95. The summed E-state index contributed by atoms with van der Waals surface area (Å²) in [7, 11) is 0. The summed E-state index contributed by atoms with van der Waals surface area (Å²) in [5.74, 6) is -0.236. The second-order valence-corrected chi connectivity index (χ2v) is 7.95. The third-order valence-electron chi connectivity index (χ3n) is 4.93. The van der Waals surface area contributed by atoms with E-state index >= 15 is 0 Å². The number of aromatic nitrogens is 3. The number of aromatic amines is 1. The largest absolute Gasteiger partial charge is 0.439 e. The summed E-state index contributed by atoms with van der Waals surface area (Å²) < 4.78 is 6.63. The molecule has 6 heteroatoms. The number of H-pyrrole nitrogens is 1. The summed E-state index contributed by atoms with van der Waals surface area (Å²) in [6.07, 6.45) is 2.71. The lowest BCUT2D eigenvalue weighted by molar-refractivity contribution is 0.112. The van der Waals surface area contributed by atoms with Gasteiger partial charge in [-0.05, 0) is 22.6 Å². The molecule has 2 heterocycles. The topological polar surface area (TPSA) is 80.9 Å². The van der Waals surface area contributed by atoms with Crippen LogP contribution in [-0.2, 0) is 12.0 Å². The molecule has 28 heavy (non-hydrogen) atoms. The predicted molar refractivity (Wildman–Crippen MR) is 108 cm³/mol. The molecule has 0 saturated carbocycles. The summed E-state index contributed by atoms with van der Waals surface area (Å²) in [5.41, 5.74) is 4.76. The smallest absolute Gasteiger partial charge is 0.342 e. The van der Waals surface area contributed by atoms with Crippen molar-refractivity contribution in [3.05, 3.63) is 75.9 Å². The summed E-state index contributed by atoms with van der Waals surface area (Å²) >= 11 is 0. The number of nitrogens with zero attached hydrogens (tertiary/aromatic N) is 2. The van der Waals surface area contributed by atoms with Crippen LogP contribution in [-0.4, -0.2) is 21.0 Å². The molecular weight excluding hydrogens is 354 g/mol. The fraction of sp³-hybridized carbons (Fsp3) is 0.227. The van der Waals surface area contributed by atoms with Crippen LogP contribution in [0.15, 0.2) is 58.0 Å². The average molecular weight is 375 g/mol. The molecule has 0 radical (unpaired) electrons. The molecular formula is C22H21N3O3. The van der Waals surface area contributed by atoms with Crippen molar-refractivity contribution >= 4 is 17.2 Å². The van der Waals surface area contributed by atoms with Crippen molar-refractivity contribution in [2.75, 3.05) is 0 Å². The average Bonchev–Trinajstić information content (AvgIpc) is 3.25. The van der Waals surface area contributed by atoms with Crippen LogP contribution in [0.2, 0.25) is 0 Å². The Kier molecular flexibility index (Phi) is 4.26. The number of hydrogen-bond acceptors (Lipinski definition) is 4. The van der Waals surface area contributed by atoms with Gasteiger partial charge in [0.15, 0.2) is 12.1 Å². The highest BCUT2D eigenvalue weighted by atomic mass is 16.5. The highest BCUT2D eigenvalue weighted by Gasteiger charge is 2.14. The molecule has 6 nitrogen and oxygen atoms in total. The quantitative estimate of drug-likeness (QED) is 0.544. The fourth-order valence-corrected chi connectivity index (χ4v) is 3.35. The highest BCUT2D eigenvalue weighted by molar-refractivity contribution is 5.99. The van der Waals surface area contributed by atoms with Crippen LogP contribution in [0, 0.1) is 0 Å². The van der Waals surface area contributed by atoms with E-state index in [1.807, 2.05) is 29.0 Å². The van der Waals surface area contributed by atoms with E-state index in [0.29, 0.717) is 17.9 Å². The summed E-state index contributed by atoms with van der Waals surface area (Å²) in [5, 5.41) is 4.60. The zero-order chi connectivity index (χ0) is 19.9. The standard InChI is InChI=1S/C22H21N3O3/c1-22(2,3)17-7-4-14(5-8-17)11-25-12-16(13-26)18-9-6-15(10-19(18)25)20-23-21(27)28-24-20/h4-10,12-13H,11H2,1-3H3,(H,23,24,27). The molecule has 0 spiro atoms. The zero-order valence-corrected chi connectivity index (χ0v) is 16.0. The molecule has 0 fully saturated rings. The van der Waals surface area contributed by atoms with Gasteiger partial charge in [-0.2, -0.15) is 0 Å². The van der Waals surface area contributed by atoms with Crippen LogP contribution in [0.25, 0.3) is 22.3 Å². The lowest BCUT2D eigenvalue weighted by Crippen LogP contribution is -2.11. The number of aldehydes is 1. The SMILES string of the molecule is CC(C)(C)c1ccc(Cn2cc(C=O)c3ccc(-c4noc(=O)[nH]4)cc32)cc1. The van der Waals surface area contributed by atoms with E-state index < -0.39 is 5.76 Å². The van der Waals surface area contributed by atoms with Gasteiger partial charge in [-0.15, -0.1) is 0 Å². The Labute approximate surface area is 161 Å². The molecule has 2 aromatic heterocycles. The van der Waals surface area contributed by atoms with Crippen molar-refractivity contribution in [3.63, 3.8) is 0 Å². The molecule has 4 aromatic rings. The Hall–Kier alpha value is -3.41. The van der Waals surface area contributed by atoms with E-state index in [1.54, 1.807) is 0 Å². The van der Waals surface area contributed by atoms with E-state index in [0.717, 1.165) is 28.3 Å². The van der Waals surface area contributed by atoms with E-state index in [2.05, 4.69) is 59.7 Å². The number of carbonyl (C=O) groups is 1. The minimum atomic E-state index is -0.599. The second kappa shape index (κ2) is 6.64. The van der Waals surface area contributed by atoms with Crippen molar-refractivity contribution in [1.29, 1.82) is 0 Å². The summed E-state index contributed by atoms with van der Waals surface area (Å²) in [6, 6.07) is 14.1. The van der Waals surface area contributed by atoms with Crippen molar-refractivity contribution in [2.24, 2.45) is 0 Å². The Balaban J connectivity index is 1.75. The van der Waals surface area contributed by atoms with Crippen LogP contribution < -0.4 is 5.76 Å². The molecule has 0 unspecified atom stereocenters. The Morgan fingerprint density at radius 1 is 1.14 bits per heavy atom. The maximum absolute atomic E-state index is 11.5. The van der Waals surface area contributed by atoms with Gasteiger partial charge in [0.05, 0.1) is 0 Å². The molecule has 142 valence electrons.